The summed E-state index contributed by atoms with van der Waals surface area (Å²) < 4.78 is 13.5. The molecule has 3 heterocycles. The summed E-state index contributed by atoms with van der Waals surface area (Å²) in [5.41, 5.74) is 3.80. The Bertz CT molecular complexity index is 1730. The lowest BCUT2D eigenvalue weighted by atomic mass is 10.0. The molecule has 10 nitrogen and oxygen atoms in total. The largest absolute Gasteiger partial charge is 0.497 e. The summed E-state index contributed by atoms with van der Waals surface area (Å²) in [4.78, 5) is 34.9. The van der Waals surface area contributed by atoms with E-state index in [-0.39, 0.29) is 17.7 Å². The number of carbonyl (C=O) groups is 1. The number of benzene rings is 3. The van der Waals surface area contributed by atoms with Crippen LogP contribution < -0.4 is 26.2 Å². The van der Waals surface area contributed by atoms with Crippen LogP contribution in [0.25, 0.3) is 32.2 Å². The Balaban J connectivity index is 1.19. The summed E-state index contributed by atoms with van der Waals surface area (Å²) in [5.74, 6) is 0.712. The molecule has 2 amide bonds. The van der Waals surface area contributed by atoms with Crippen LogP contribution in [0.4, 0.5) is 15.6 Å². The van der Waals surface area contributed by atoms with E-state index in [4.69, 9.17) is 9.47 Å². The highest BCUT2D eigenvalue weighted by molar-refractivity contribution is 7.22. The van der Waals surface area contributed by atoms with Crippen molar-refractivity contribution in [3.63, 3.8) is 0 Å². The summed E-state index contributed by atoms with van der Waals surface area (Å²) >= 11 is 1.39. The number of rotatable bonds is 7. The molecular weight excluding hydrogens is 528 g/mol. The molecule has 0 bridgehead atoms. The number of carbonyl (C=O) groups excluding carboxylic acids is 1. The smallest absolute Gasteiger partial charge is 0.325 e. The van der Waals surface area contributed by atoms with E-state index in [1.54, 1.807) is 42.3 Å². The molecule has 0 saturated carbocycles. The maximum atomic E-state index is 13.3. The highest BCUT2D eigenvalue weighted by atomic mass is 32.1. The van der Waals surface area contributed by atoms with Gasteiger partial charge < -0.3 is 20.1 Å². The number of nitrogens with one attached hydrogen (secondary N) is 3. The van der Waals surface area contributed by atoms with Gasteiger partial charge in [-0.05, 0) is 66.1 Å². The molecule has 5 aromatic rings. The van der Waals surface area contributed by atoms with Crippen LogP contribution >= 0.6 is 11.3 Å². The first-order chi connectivity index (χ1) is 19.6. The van der Waals surface area contributed by atoms with Gasteiger partial charge in [0.1, 0.15) is 5.75 Å². The third kappa shape index (κ3) is 5.67. The number of amides is 2. The molecule has 11 heteroatoms. The summed E-state index contributed by atoms with van der Waals surface area (Å²) in [6.07, 6.45) is 2.45. The van der Waals surface area contributed by atoms with Gasteiger partial charge in [-0.1, -0.05) is 23.5 Å². The minimum atomic E-state index is -0.380. The minimum Gasteiger partial charge on any atom is -0.497 e. The van der Waals surface area contributed by atoms with E-state index in [0.717, 1.165) is 40.9 Å². The molecule has 0 spiro atoms. The number of morpholine rings is 1. The SMILES string of the molecule is COc1ccc(NC(=O)Nc2nc3cc(-c4ccc5ncn(CCC6CNCCO6)c(=O)c5c4)ccc3s2)cc1. The predicted octanol–water partition coefficient (Wildman–Crippen LogP) is 4.70. The molecule has 1 unspecified atom stereocenters. The van der Waals surface area contributed by atoms with Gasteiger partial charge in [0.15, 0.2) is 5.13 Å². The maximum absolute atomic E-state index is 13.3. The van der Waals surface area contributed by atoms with Gasteiger partial charge in [-0.2, -0.15) is 0 Å². The lowest BCUT2D eigenvalue weighted by Gasteiger charge is -2.23. The quantitative estimate of drug-likeness (QED) is 0.266. The van der Waals surface area contributed by atoms with Gasteiger partial charge in [-0.25, -0.2) is 14.8 Å². The normalized spacial score (nSPS) is 15.3. The van der Waals surface area contributed by atoms with E-state index in [2.05, 4.69) is 25.9 Å². The first-order valence-electron chi connectivity index (χ1n) is 13.0. The van der Waals surface area contributed by atoms with Crippen molar-refractivity contribution < 1.29 is 14.3 Å². The molecule has 1 atom stereocenters. The zero-order valence-electron chi connectivity index (χ0n) is 21.8. The minimum absolute atomic E-state index is 0.0697. The third-order valence-electron chi connectivity index (χ3n) is 6.81. The lowest BCUT2D eigenvalue weighted by Crippen LogP contribution is -2.39. The molecule has 0 aliphatic carbocycles. The number of fused-ring (bicyclic) bond motifs is 2. The Morgan fingerprint density at radius 3 is 2.73 bits per heavy atom. The van der Waals surface area contributed by atoms with Crippen LogP contribution in [0.3, 0.4) is 0 Å². The van der Waals surface area contributed by atoms with Gasteiger partial charge in [-0.3, -0.25) is 14.7 Å². The van der Waals surface area contributed by atoms with Gasteiger partial charge in [0.25, 0.3) is 5.56 Å². The van der Waals surface area contributed by atoms with Crippen molar-refractivity contribution in [1.82, 2.24) is 19.9 Å². The first kappa shape index (κ1) is 25.9. The Morgan fingerprint density at radius 2 is 1.93 bits per heavy atom. The Kier molecular flexibility index (Phi) is 7.41. The number of hydrogen-bond acceptors (Lipinski definition) is 8. The summed E-state index contributed by atoms with van der Waals surface area (Å²) in [5, 5.41) is 9.97. The molecule has 1 saturated heterocycles. The predicted molar refractivity (Wildman–Crippen MR) is 157 cm³/mol. The molecule has 6 rings (SSSR count). The Morgan fingerprint density at radius 1 is 1.10 bits per heavy atom. The number of ether oxygens (including phenoxy) is 2. The summed E-state index contributed by atoms with van der Waals surface area (Å²) in [6.45, 7) is 2.90. The van der Waals surface area contributed by atoms with E-state index in [1.165, 1.54) is 11.3 Å². The molecule has 204 valence electrons. The number of thiazole rings is 1. The van der Waals surface area contributed by atoms with Crippen LogP contribution in [-0.2, 0) is 11.3 Å². The average molecular weight is 557 g/mol. The first-order valence-corrected chi connectivity index (χ1v) is 13.8. The van der Waals surface area contributed by atoms with Crippen molar-refractivity contribution in [3.05, 3.63) is 77.3 Å². The van der Waals surface area contributed by atoms with Gasteiger partial charge in [0.2, 0.25) is 0 Å². The number of methoxy groups -OCH3 is 1. The number of hydrogen-bond donors (Lipinski definition) is 3. The van der Waals surface area contributed by atoms with Crippen LogP contribution in [0.2, 0.25) is 0 Å². The molecule has 1 aliphatic heterocycles. The van der Waals surface area contributed by atoms with Crippen molar-refractivity contribution in [2.75, 3.05) is 37.4 Å². The van der Waals surface area contributed by atoms with Crippen molar-refractivity contribution in [1.29, 1.82) is 0 Å². The van der Waals surface area contributed by atoms with Crippen LogP contribution in [0.1, 0.15) is 6.42 Å². The lowest BCUT2D eigenvalue weighted by molar-refractivity contribution is 0.0209. The van der Waals surface area contributed by atoms with Crippen molar-refractivity contribution in [3.8, 4) is 16.9 Å². The molecule has 1 aliphatic rings. The second-order valence-corrected chi connectivity index (χ2v) is 10.5. The standard InChI is InChI=1S/C29H28N6O4S/c1-38-21-6-4-20(5-7-21)32-28(37)34-29-33-25-15-19(3-9-26(25)40-29)18-2-8-24-23(14-18)27(36)35(17-31-24)12-10-22-16-30-11-13-39-22/h2-9,14-15,17,22,30H,10-13,16H2,1H3,(H2,32,33,34,37). The number of aryl methyl sites for hydroxylation is 1. The summed E-state index contributed by atoms with van der Waals surface area (Å²) in [7, 11) is 1.59. The van der Waals surface area contributed by atoms with Crippen LogP contribution in [0, 0.1) is 0 Å². The molecular formula is C29H28N6O4S. The van der Waals surface area contributed by atoms with E-state index in [0.29, 0.717) is 40.6 Å². The molecule has 3 aromatic carbocycles. The van der Waals surface area contributed by atoms with E-state index in [9.17, 15) is 9.59 Å². The highest BCUT2D eigenvalue weighted by Crippen LogP contribution is 2.31. The van der Waals surface area contributed by atoms with E-state index in [1.807, 2.05) is 36.4 Å². The number of urea groups is 1. The molecule has 2 aromatic heterocycles. The van der Waals surface area contributed by atoms with Crippen LogP contribution in [0.15, 0.2) is 71.8 Å². The number of nitrogens with zero attached hydrogens (tertiary/aromatic N) is 3. The van der Waals surface area contributed by atoms with Crippen molar-refractivity contribution in [2.45, 2.75) is 19.1 Å². The fourth-order valence-electron chi connectivity index (χ4n) is 4.68. The Hall–Kier alpha value is -4.32. The molecule has 1 fully saturated rings. The maximum Gasteiger partial charge on any atom is 0.325 e. The second-order valence-electron chi connectivity index (χ2n) is 9.47. The fraction of sp³-hybridized carbons (Fsp3) is 0.241. The monoisotopic (exact) mass is 556 g/mol. The zero-order chi connectivity index (χ0) is 27.5. The van der Waals surface area contributed by atoms with Gasteiger partial charge in [0, 0.05) is 25.3 Å². The zero-order valence-corrected chi connectivity index (χ0v) is 22.7. The topological polar surface area (TPSA) is 119 Å². The van der Waals surface area contributed by atoms with E-state index < -0.39 is 0 Å². The van der Waals surface area contributed by atoms with Crippen molar-refractivity contribution >= 4 is 49.3 Å². The molecule has 40 heavy (non-hydrogen) atoms. The third-order valence-corrected chi connectivity index (χ3v) is 7.76. The van der Waals surface area contributed by atoms with Crippen LogP contribution in [-0.4, -0.2) is 53.5 Å². The number of anilines is 2. The van der Waals surface area contributed by atoms with E-state index >= 15 is 0 Å². The molecule has 0 radical (unpaired) electrons. The Labute approximate surface area is 234 Å². The summed E-state index contributed by atoms with van der Waals surface area (Å²) in [6, 6.07) is 18.3. The van der Waals surface area contributed by atoms with Gasteiger partial charge in [0.05, 0.1) is 47.3 Å². The highest BCUT2D eigenvalue weighted by Gasteiger charge is 2.15. The van der Waals surface area contributed by atoms with Crippen molar-refractivity contribution in [2.24, 2.45) is 0 Å². The molecule has 3 N–H and O–H groups in total. The fourth-order valence-corrected chi connectivity index (χ4v) is 5.52. The second kappa shape index (κ2) is 11.4. The van der Waals surface area contributed by atoms with Crippen LogP contribution in [0.5, 0.6) is 5.75 Å². The van der Waals surface area contributed by atoms with Gasteiger partial charge in [-0.15, -0.1) is 0 Å². The van der Waals surface area contributed by atoms with Gasteiger partial charge >= 0.3 is 6.03 Å². The number of aromatic nitrogens is 3. The average Bonchev–Trinajstić information content (AvgIpc) is 3.39.